The van der Waals surface area contributed by atoms with Gasteiger partial charge in [0.1, 0.15) is 0 Å². The molecule has 0 heteroatoms. The van der Waals surface area contributed by atoms with Crippen LogP contribution in [0.3, 0.4) is 0 Å². The molecule has 0 N–H and O–H groups in total. The molecule has 5 aliphatic carbocycles. The molecule has 0 radical (unpaired) electrons. The summed E-state index contributed by atoms with van der Waals surface area (Å²) in [6.07, 6.45) is 19.6. The first-order chi connectivity index (χ1) is 27.4. The van der Waals surface area contributed by atoms with Crippen LogP contribution in [0.4, 0.5) is 0 Å². The van der Waals surface area contributed by atoms with Gasteiger partial charge < -0.3 is 0 Å². The Balaban J connectivity index is 1.41. The van der Waals surface area contributed by atoms with Crippen molar-refractivity contribution in [1.29, 1.82) is 0 Å². The maximum absolute atomic E-state index is 2.94. The van der Waals surface area contributed by atoms with Gasteiger partial charge in [0.15, 0.2) is 0 Å². The van der Waals surface area contributed by atoms with Crippen LogP contribution in [-0.2, 0) is 23.7 Å². The molecular weight excluding hydrogens is 685 g/mol. The Bertz CT molecular complexity index is 2370. The Morgan fingerprint density at radius 1 is 0.719 bits per heavy atom. The zero-order chi connectivity index (χ0) is 40.1. The second-order valence-corrected chi connectivity index (χ2v) is 20.3. The minimum atomic E-state index is -0.204. The van der Waals surface area contributed by atoms with E-state index < -0.39 is 0 Å². The fourth-order valence-electron chi connectivity index (χ4n) is 13.9. The first-order valence-corrected chi connectivity index (χ1v) is 23.4. The van der Waals surface area contributed by atoms with Crippen molar-refractivity contribution in [2.75, 3.05) is 0 Å². The van der Waals surface area contributed by atoms with Gasteiger partial charge in [0.25, 0.3) is 0 Å². The van der Waals surface area contributed by atoms with Gasteiger partial charge in [0.2, 0.25) is 0 Å². The topological polar surface area (TPSA) is 0 Å². The summed E-state index contributed by atoms with van der Waals surface area (Å²) in [5.74, 6) is 2.97. The van der Waals surface area contributed by atoms with E-state index in [0.717, 1.165) is 12.8 Å². The van der Waals surface area contributed by atoms with Gasteiger partial charge in [0, 0.05) is 16.7 Å². The van der Waals surface area contributed by atoms with Crippen molar-refractivity contribution in [3.63, 3.8) is 0 Å². The van der Waals surface area contributed by atoms with Crippen LogP contribution in [0.1, 0.15) is 169 Å². The number of hydrogen-bond donors (Lipinski definition) is 0. The summed E-state index contributed by atoms with van der Waals surface area (Å²) in [5, 5.41) is 3.02. The Morgan fingerprint density at radius 2 is 1.42 bits per heavy atom. The summed E-state index contributed by atoms with van der Waals surface area (Å²) in [5.41, 5.74) is 24.7. The van der Waals surface area contributed by atoms with Gasteiger partial charge >= 0.3 is 0 Å². The molecule has 298 valence electrons. The lowest BCUT2D eigenvalue weighted by Crippen LogP contribution is -2.43. The predicted molar refractivity (Wildman–Crippen MR) is 247 cm³/mol. The molecule has 0 nitrogen and oxygen atoms in total. The smallest absolute Gasteiger partial charge is 0.0474 e. The molecular formula is C57H70. The predicted octanol–water partition coefficient (Wildman–Crippen LogP) is 15.9. The average molecular weight is 755 g/mol. The molecule has 2 atom stereocenters. The molecule has 1 saturated carbocycles. The second kappa shape index (κ2) is 14.3. The van der Waals surface area contributed by atoms with Gasteiger partial charge in [0.05, 0.1) is 0 Å². The highest BCUT2D eigenvalue weighted by atomic mass is 14.6. The van der Waals surface area contributed by atoms with E-state index in [2.05, 4.69) is 137 Å². The first kappa shape index (κ1) is 38.9. The standard InChI is InChI=1S/C57H70/c1-12-38(13-2)42-31-45(39(14-3)15-4)52(40-19-17-16-18-20-40)57(32-42)49-24-23-43-46-30-41-22-21-37(25-33(5)6)29-44(41)53(46)56(10,11)55(43)51(49)48-28-36(9)50-35(8)26-34(7)27-47(50)54(48)57/h21-24,26-29,31-33,38-40,52H,12-20,25,30H2,1-11H3. The Morgan fingerprint density at radius 3 is 2.11 bits per heavy atom. The highest BCUT2D eigenvalue weighted by Gasteiger charge is 2.57. The quantitative estimate of drug-likeness (QED) is 0.160. The molecule has 0 amide bonds. The lowest BCUT2D eigenvalue weighted by atomic mass is 9.53. The lowest BCUT2D eigenvalue weighted by molar-refractivity contribution is 0.210. The molecule has 0 aromatic heterocycles. The summed E-state index contributed by atoms with van der Waals surface area (Å²) >= 11 is 0. The Hall–Kier alpha value is -3.64. The molecule has 57 heavy (non-hydrogen) atoms. The highest BCUT2D eigenvalue weighted by Crippen LogP contribution is 2.68. The van der Waals surface area contributed by atoms with Crippen molar-refractivity contribution in [2.24, 2.45) is 29.6 Å². The van der Waals surface area contributed by atoms with Crippen LogP contribution in [0.25, 0.3) is 33.0 Å². The third kappa shape index (κ3) is 5.65. The normalized spacial score (nSPS) is 22.1. The van der Waals surface area contributed by atoms with Crippen LogP contribution in [0, 0.1) is 50.4 Å². The minimum absolute atomic E-state index is 0.100. The van der Waals surface area contributed by atoms with Crippen molar-refractivity contribution in [3.8, 4) is 11.1 Å². The van der Waals surface area contributed by atoms with Crippen molar-refractivity contribution in [3.05, 3.63) is 127 Å². The van der Waals surface area contributed by atoms with Crippen LogP contribution in [0.2, 0.25) is 0 Å². The maximum atomic E-state index is 2.94. The van der Waals surface area contributed by atoms with E-state index >= 15 is 0 Å². The summed E-state index contributed by atoms with van der Waals surface area (Å²) in [6, 6.07) is 20.5. The number of benzene rings is 4. The molecule has 1 fully saturated rings. The summed E-state index contributed by atoms with van der Waals surface area (Å²) in [7, 11) is 0. The SMILES string of the molecule is CCC(CC)C1=CC2(c3ccc4c(c3-c3cc(C)c5c(C)cc(C)cc5c32)C(C)(C)C2=C4Cc3ccc(CC(C)C)cc32)C(C2CCCCC2)C(C(CC)CC)=C1. The summed E-state index contributed by atoms with van der Waals surface area (Å²) in [6.45, 7) is 26.9. The van der Waals surface area contributed by atoms with E-state index in [9.17, 15) is 0 Å². The first-order valence-electron chi connectivity index (χ1n) is 23.4. The zero-order valence-corrected chi connectivity index (χ0v) is 37.4. The maximum Gasteiger partial charge on any atom is 0.0474 e. The van der Waals surface area contributed by atoms with Gasteiger partial charge in [-0.05, 0) is 184 Å². The van der Waals surface area contributed by atoms with Crippen LogP contribution < -0.4 is 0 Å². The van der Waals surface area contributed by atoms with Gasteiger partial charge in [-0.25, -0.2) is 0 Å². The van der Waals surface area contributed by atoms with E-state index in [-0.39, 0.29) is 10.8 Å². The van der Waals surface area contributed by atoms with E-state index in [1.54, 1.807) is 50.1 Å². The number of aryl methyl sites for hydroxylation is 3. The molecule has 0 aliphatic heterocycles. The minimum Gasteiger partial charge on any atom is -0.0654 e. The van der Waals surface area contributed by atoms with Crippen LogP contribution in [0.5, 0.6) is 0 Å². The van der Waals surface area contributed by atoms with E-state index in [1.165, 1.54) is 108 Å². The molecule has 2 unspecified atom stereocenters. The third-order valence-electron chi connectivity index (χ3n) is 16.1. The molecule has 1 spiro atoms. The van der Waals surface area contributed by atoms with Gasteiger partial charge in [-0.1, -0.05) is 146 Å². The molecule has 4 aromatic carbocycles. The molecule has 4 aromatic rings. The molecule has 0 heterocycles. The summed E-state index contributed by atoms with van der Waals surface area (Å²) in [4.78, 5) is 0. The number of rotatable bonds is 9. The van der Waals surface area contributed by atoms with Crippen molar-refractivity contribution >= 4 is 21.9 Å². The van der Waals surface area contributed by atoms with Gasteiger partial charge in [-0.3, -0.25) is 0 Å². The number of fused-ring (bicyclic) bond motifs is 12. The second-order valence-electron chi connectivity index (χ2n) is 20.3. The van der Waals surface area contributed by atoms with Crippen LogP contribution in [0.15, 0.2) is 71.8 Å². The lowest BCUT2D eigenvalue weighted by Gasteiger charge is -2.50. The molecule has 5 aliphatic rings. The largest absolute Gasteiger partial charge is 0.0654 e. The Kier molecular flexibility index (Phi) is 9.73. The highest BCUT2D eigenvalue weighted by molar-refractivity contribution is 6.11. The van der Waals surface area contributed by atoms with E-state index in [1.807, 2.05) is 0 Å². The van der Waals surface area contributed by atoms with Crippen molar-refractivity contribution in [2.45, 2.75) is 158 Å². The molecule has 0 saturated heterocycles. The van der Waals surface area contributed by atoms with Gasteiger partial charge in [-0.2, -0.15) is 0 Å². The fraction of sp³-hybridized carbons (Fsp3) is 0.509. The average Bonchev–Trinajstić information content (AvgIpc) is 3.76. The third-order valence-corrected chi connectivity index (χ3v) is 16.1. The number of hydrogen-bond acceptors (Lipinski definition) is 0. The zero-order valence-electron chi connectivity index (χ0n) is 37.4. The number of allylic oxidation sites excluding steroid dienone is 6. The van der Waals surface area contributed by atoms with E-state index in [0.29, 0.717) is 29.6 Å². The van der Waals surface area contributed by atoms with Crippen molar-refractivity contribution in [1.82, 2.24) is 0 Å². The van der Waals surface area contributed by atoms with Crippen molar-refractivity contribution < 1.29 is 0 Å². The molecule has 9 rings (SSSR count). The van der Waals surface area contributed by atoms with Crippen LogP contribution >= 0.6 is 0 Å². The Labute approximate surface area is 346 Å². The van der Waals surface area contributed by atoms with E-state index in [4.69, 9.17) is 0 Å². The monoisotopic (exact) mass is 755 g/mol. The van der Waals surface area contributed by atoms with Gasteiger partial charge in [-0.15, -0.1) is 0 Å². The summed E-state index contributed by atoms with van der Waals surface area (Å²) < 4.78 is 0. The molecule has 0 bridgehead atoms. The van der Waals surface area contributed by atoms with Crippen LogP contribution in [-0.4, -0.2) is 0 Å². The fourth-order valence-corrected chi connectivity index (χ4v) is 13.9.